The zero-order valence-electron chi connectivity index (χ0n) is 10.9. The summed E-state index contributed by atoms with van der Waals surface area (Å²) in [7, 11) is 0. The maximum Gasteiger partial charge on any atom is 0.389 e. The minimum atomic E-state index is -4.20. The van der Waals surface area contributed by atoms with Crippen molar-refractivity contribution in [3.63, 3.8) is 0 Å². The smallest absolute Gasteiger partial charge is 0.389 e. The Morgan fingerprint density at radius 2 is 1.81 bits per heavy atom. The Hall–Kier alpha value is -2.25. The number of nitrogens with one attached hydrogen (secondary N) is 1. The third-order valence-corrected chi connectivity index (χ3v) is 2.39. The number of carboxylic acid groups (broad SMARTS) is 1. The van der Waals surface area contributed by atoms with E-state index < -0.39 is 31.0 Å². The summed E-state index contributed by atoms with van der Waals surface area (Å²) in [4.78, 5) is 21.8. The second kappa shape index (κ2) is 7.51. The average molecular weight is 305 g/mol. The van der Waals surface area contributed by atoms with Crippen LogP contribution in [0.15, 0.2) is 24.3 Å². The molecule has 0 saturated heterocycles. The number of carbonyl (C=O) groups excluding carboxylic acids is 1. The first-order valence-corrected chi connectivity index (χ1v) is 6.07. The summed E-state index contributed by atoms with van der Waals surface area (Å²) in [5.74, 6) is -1.37. The number of halogens is 3. The topological polar surface area (TPSA) is 75.6 Å². The molecule has 2 N–H and O–H groups in total. The van der Waals surface area contributed by atoms with E-state index in [4.69, 9.17) is 9.84 Å². The molecule has 0 aliphatic rings. The number of alkyl halides is 3. The van der Waals surface area contributed by atoms with Crippen LogP contribution in [0, 0.1) is 0 Å². The van der Waals surface area contributed by atoms with E-state index in [1.807, 2.05) is 0 Å². The normalized spacial score (nSPS) is 11.0. The molecule has 1 amide bonds. The van der Waals surface area contributed by atoms with Gasteiger partial charge in [0, 0.05) is 12.0 Å². The summed E-state index contributed by atoms with van der Waals surface area (Å²) in [6, 6.07) is 5.67. The van der Waals surface area contributed by atoms with E-state index >= 15 is 0 Å². The SMILES string of the molecule is O=C(O)CNC(=O)c1ccc(OCCCC(F)(F)F)cc1. The molecule has 0 aromatic heterocycles. The van der Waals surface area contributed by atoms with Crippen LogP contribution in [0.1, 0.15) is 23.2 Å². The molecule has 1 rings (SSSR count). The Morgan fingerprint density at radius 3 is 2.33 bits per heavy atom. The average Bonchev–Trinajstić information content (AvgIpc) is 2.40. The number of hydrogen-bond donors (Lipinski definition) is 2. The van der Waals surface area contributed by atoms with Gasteiger partial charge in [0.25, 0.3) is 5.91 Å². The second-order valence-electron chi connectivity index (χ2n) is 4.17. The molecule has 0 aliphatic carbocycles. The number of carbonyl (C=O) groups is 2. The molecule has 1 aromatic rings. The molecule has 0 atom stereocenters. The van der Waals surface area contributed by atoms with Crippen molar-refractivity contribution in [3.8, 4) is 5.75 Å². The van der Waals surface area contributed by atoms with Crippen LogP contribution in [-0.2, 0) is 4.79 Å². The van der Waals surface area contributed by atoms with Crippen molar-refractivity contribution in [2.75, 3.05) is 13.2 Å². The predicted octanol–water partition coefficient (Wildman–Crippen LogP) is 2.22. The van der Waals surface area contributed by atoms with Crippen molar-refractivity contribution < 1.29 is 32.6 Å². The minimum absolute atomic E-state index is 0.0793. The Bertz CT molecular complexity index is 485. The minimum Gasteiger partial charge on any atom is -0.494 e. The van der Waals surface area contributed by atoms with Gasteiger partial charge in [0.15, 0.2) is 0 Å². The van der Waals surface area contributed by atoms with E-state index in [-0.39, 0.29) is 18.6 Å². The van der Waals surface area contributed by atoms with Gasteiger partial charge in [-0.3, -0.25) is 9.59 Å². The molecular weight excluding hydrogens is 291 g/mol. The third kappa shape index (κ3) is 7.19. The van der Waals surface area contributed by atoms with E-state index in [1.165, 1.54) is 24.3 Å². The van der Waals surface area contributed by atoms with Crippen molar-refractivity contribution in [1.29, 1.82) is 0 Å². The van der Waals surface area contributed by atoms with Crippen molar-refractivity contribution in [1.82, 2.24) is 5.32 Å². The van der Waals surface area contributed by atoms with Crippen LogP contribution in [-0.4, -0.2) is 36.3 Å². The highest BCUT2D eigenvalue weighted by Crippen LogP contribution is 2.21. The van der Waals surface area contributed by atoms with Crippen molar-refractivity contribution in [2.45, 2.75) is 19.0 Å². The van der Waals surface area contributed by atoms with Gasteiger partial charge in [-0.2, -0.15) is 13.2 Å². The zero-order chi connectivity index (χ0) is 15.9. The van der Waals surface area contributed by atoms with Crippen LogP contribution in [0.2, 0.25) is 0 Å². The Kier molecular flexibility index (Phi) is 6.01. The fourth-order valence-electron chi connectivity index (χ4n) is 1.42. The molecule has 5 nitrogen and oxygen atoms in total. The largest absolute Gasteiger partial charge is 0.494 e. The number of carboxylic acids is 1. The highest BCUT2D eigenvalue weighted by Gasteiger charge is 2.26. The molecule has 0 saturated carbocycles. The fraction of sp³-hybridized carbons (Fsp3) is 0.385. The van der Waals surface area contributed by atoms with E-state index in [2.05, 4.69) is 5.32 Å². The Labute approximate surface area is 118 Å². The first-order valence-electron chi connectivity index (χ1n) is 6.07. The van der Waals surface area contributed by atoms with Crippen molar-refractivity contribution >= 4 is 11.9 Å². The third-order valence-electron chi connectivity index (χ3n) is 2.39. The lowest BCUT2D eigenvalue weighted by Crippen LogP contribution is -2.29. The maximum absolute atomic E-state index is 11.9. The Morgan fingerprint density at radius 1 is 1.19 bits per heavy atom. The summed E-state index contributed by atoms with van der Waals surface area (Å²) in [5.41, 5.74) is 0.235. The Balaban J connectivity index is 2.40. The van der Waals surface area contributed by atoms with Crippen LogP contribution in [0.25, 0.3) is 0 Å². The molecule has 21 heavy (non-hydrogen) atoms. The van der Waals surface area contributed by atoms with Gasteiger partial charge < -0.3 is 15.2 Å². The number of hydrogen-bond acceptors (Lipinski definition) is 3. The summed E-state index contributed by atoms with van der Waals surface area (Å²) in [6.45, 7) is -0.571. The zero-order valence-corrected chi connectivity index (χ0v) is 10.9. The van der Waals surface area contributed by atoms with E-state index in [1.54, 1.807) is 0 Å². The summed E-state index contributed by atoms with van der Waals surface area (Å²) >= 11 is 0. The van der Waals surface area contributed by atoms with Crippen LogP contribution in [0.4, 0.5) is 13.2 Å². The van der Waals surface area contributed by atoms with Gasteiger partial charge in [0.2, 0.25) is 0 Å². The fourth-order valence-corrected chi connectivity index (χ4v) is 1.42. The first kappa shape index (κ1) is 16.8. The van der Waals surface area contributed by atoms with Crippen molar-refractivity contribution in [3.05, 3.63) is 29.8 Å². The van der Waals surface area contributed by atoms with Gasteiger partial charge in [-0.15, -0.1) is 0 Å². The molecule has 8 heteroatoms. The highest BCUT2D eigenvalue weighted by atomic mass is 19.4. The van der Waals surface area contributed by atoms with Crippen molar-refractivity contribution in [2.24, 2.45) is 0 Å². The molecule has 1 aromatic carbocycles. The van der Waals surface area contributed by atoms with E-state index in [0.717, 1.165) is 0 Å². The standard InChI is InChI=1S/C13H14F3NO4/c14-13(15,16)6-1-7-21-10-4-2-9(3-5-10)12(20)17-8-11(18)19/h2-5H,1,6-8H2,(H,17,20)(H,18,19). The molecule has 0 bridgehead atoms. The van der Waals surface area contributed by atoms with Crippen LogP contribution in [0.5, 0.6) is 5.75 Å². The number of benzene rings is 1. The highest BCUT2D eigenvalue weighted by molar-refractivity contribution is 5.95. The van der Waals surface area contributed by atoms with Gasteiger partial charge in [-0.05, 0) is 30.7 Å². The monoisotopic (exact) mass is 305 g/mol. The van der Waals surface area contributed by atoms with Gasteiger partial charge in [0.05, 0.1) is 6.61 Å². The summed E-state index contributed by atoms with van der Waals surface area (Å²) in [5, 5.41) is 10.6. The summed E-state index contributed by atoms with van der Waals surface area (Å²) < 4.78 is 40.8. The van der Waals surface area contributed by atoms with Crippen LogP contribution >= 0.6 is 0 Å². The molecule has 116 valence electrons. The van der Waals surface area contributed by atoms with E-state index in [9.17, 15) is 22.8 Å². The number of rotatable bonds is 7. The number of amides is 1. The van der Waals surface area contributed by atoms with Crippen LogP contribution in [0.3, 0.4) is 0 Å². The predicted molar refractivity (Wildman–Crippen MR) is 67.2 cm³/mol. The first-order chi connectivity index (χ1) is 9.78. The van der Waals surface area contributed by atoms with E-state index in [0.29, 0.717) is 5.75 Å². The van der Waals surface area contributed by atoms with Gasteiger partial charge >= 0.3 is 12.1 Å². The van der Waals surface area contributed by atoms with Crippen LogP contribution < -0.4 is 10.1 Å². The molecule has 0 unspecified atom stereocenters. The van der Waals surface area contributed by atoms with Gasteiger partial charge in [0.1, 0.15) is 12.3 Å². The lowest BCUT2D eigenvalue weighted by Gasteiger charge is -2.08. The molecular formula is C13H14F3NO4. The number of ether oxygens (including phenoxy) is 1. The molecule has 0 radical (unpaired) electrons. The van der Waals surface area contributed by atoms with Gasteiger partial charge in [-0.25, -0.2) is 0 Å². The lowest BCUT2D eigenvalue weighted by molar-refractivity contribution is -0.137. The lowest BCUT2D eigenvalue weighted by atomic mass is 10.2. The molecule has 0 spiro atoms. The maximum atomic E-state index is 11.9. The molecule has 0 heterocycles. The second-order valence-corrected chi connectivity index (χ2v) is 4.17. The summed E-state index contributed by atoms with van der Waals surface area (Å²) in [6.07, 6.45) is -5.26. The number of aliphatic carboxylic acids is 1. The molecule has 0 fully saturated rings. The van der Waals surface area contributed by atoms with Gasteiger partial charge in [-0.1, -0.05) is 0 Å². The quantitative estimate of drug-likeness (QED) is 0.757. The molecule has 0 aliphatic heterocycles.